The van der Waals surface area contributed by atoms with Crippen LogP contribution in [0.15, 0.2) is 18.2 Å². The summed E-state index contributed by atoms with van der Waals surface area (Å²) in [5.74, 6) is -0.392. The molecule has 66 valence electrons. The minimum absolute atomic E-state index is 0.333. The lowest BCUT2D eigenvalue weighted by molar-refractivity contribution is 0.112. The Hall–Kier alpha value is -0.930. The number of carbonyl (C=O) groups is 1. The largest absolute Gasteiger partial charge is 0.298 e. The Morgan fingerprint density at radius 3 is 2.85 bits per heavy atom. The van der Waals surface area contributed by atoms with Gasteiger partial charge in [0.2, 0.25) is 0 Å². The van der Waals surface area contributed by atoms with Crippen LogP contribution < -0.4 is 0 Å². The normalized spacial score (nSPS) is 10.6. The molecule has 1 heterocycles. The molecular formula is C9H4ClFOS. The number of fused-ring (bicyclic) bond motifs is 1. The van der Waals surface area contributed by atoms with Crippen molar-refractivity contribution in [2.75, 3.05) is 0 Å². The molecular weight excluding hydrogens is 211 g/mol. The van der Waals surface area contributed by atoms with Crippen molar-refractivity contribution in [3.63, 3.8) is 0 Å². The van der Waals surface area contributed by atoms with Gasteiger partial charge in [0.05, 0.1) is 9.04 Å². The monoisotopic (exact) mass is 214 g/mol. The van der Waals surface area contributed by atoms with Gasteiger partial charge in [0.25, 0.3) is 0 Å². The fourth-order valence-corrected chi connectivity index (χ4v) is 2.29. The molecule has 0 fully saturated rings. The lowest BCUT2D eigenvalue weighted by Gasteiger charge is -1.93. The number of benzene rings is 1. The highest BCUT2D eigenvalue weighted by Crippen LogP contribution is 2.31. The highest BCUT2D eigenvalue weighted by molar-refractivity contribution is 7.22. The SMILES string of the molecule is O=Cc1cc(F)c2sc(Cl)cc2c1. The van der Waals surface area contributed by atoms with E-state index < -0.39 is 5.82 Å². The lowest BCUT2D eigenvalue weighted by Crippen LogP contribution is -1.81. The van der Waals surface area contributed by atoms with E-state index in [1.54, 1.807) is 12.1 Å². The van der Waals surface area contributed by atoms with Gasteiger partial charge in [0, 0.05) is 5.56 Å². The van der Waals surface area contributed by atoms with Crippen LogP contribution in [0.25, 0.3) is 10.1 Å². The van der Waals surface area contributed by atoms with Crippen LogP contribution in [0.2, 0.25) is 4.34 Å². The van der Waals surface area contributed by atoms with Crippen molar-refractivity contribution >= 4 is 39.3 Å². The van der Waals surface area contributed by atoms with Crippen LogP contribution >= 0.6 is 22.9 Å². The van der Waals surface area contributed by atoms with E-state index in [1.807, 2.05) is 0 Å². The van der Waals surface area contributed by atoms with Gasteiger partial charge in [-0.25, -0.2) is 4.39 Å². The number of carbonyl (C=O) groups excluding carboxylic acids is 1. The van der Waals surface area contributed by atoms with Gasteiger partial charge in [-0.05, 0) is 23.6 Å². The molecule has 2 rings (SSSR count). The van der Waals surface area contributed by atoms with Crippen molar-refractivity contribution in [3.8, 4) is 0 Å². The van der Waals surface area contributed by atoms with E-state index in [2.05, 4.69) is 0 Å². The molecule has 1 aromatic heterocycles. The Morgan fingerprint density at radius 2 is 2.15 bits per heavy atom. The third-order valence-corrected chi connectivity index (χ3v) is 2.99. The van der Waals surface area contributed by atoms with E-state index in [0.29, 0.717) is 26.3 Å². The minimum atomic E-state index is -0.392. The summed E-state index contributed by atoms with van der Waals surface area (Å²) in [6.07, 6.45) is 0.619. The Labute approximate surface area is 82.7 Å². The molecule has 1 nitrogen and oxygen atoms in total. The number of aldehydes is 1. The molecule has 0 amide bonds. The van der Waals surface area contributed by atoms with Gasteiger partial charge < -0.3 is 0 Å². The van der Waals surface area contributed by atoms with E-state index in [1.165, 1.54) is 17.4 Å². The van der Waals surface area contributed by atoms with Gasteiger partial charge in [-0.2, -0.15) is 0 Å². The summed E-state index contributed by atoms with van der Waals surface area (Å²) in [6, 6.07) is 4.48. The fourth-order valence-electron chi connectivity index (χ4n) is 1.17. The van der Waals surface area contributed by atoms with Crippen LogP contribution in [0.5, 0.6) is 0 Å². The molecule has 0 saturated carbocycles. The van der Waals surface area contributed by atoms with Crippen molar-refractivity contribution in [2.45, 2.75) is 0 Å². The van der Waals surface area contributed by atoms with Crippen LogP contribution in [0.3, 0.4) is 0 Å². The molecule has 2 aromatic rings. The van der Waals surface area contributed by atoms with Crippen LogP contribution in [0.4, 0.5) is 4.39 Å². The Balaban J connectivity index is 2.82. The third-order valence-electron chi connectivity index (χ3n) is 1.70. The van der Waals surface area contributed by atoms with Crippen molar-refractivity contribution in [1.82, 2.24) is 0 Å². The molecule has 0 bridgehead atoms. The van der Waals surface area contributed by atoms with Gasteiger partial charge in [-0.3, -0.25) is 4.79 Å². The van der Waals surface area contributed by atoms with E-state index in [0.717, 1.165) is 0 Å². The number of hydrogen-bond acceptors (Lipinski definition) is 2. The predicted molar refractivity (Wildman–Crippen MR) is 52.2 cm³/mol. The molecule has 0 N–H and O–H groups in total. The topological polar surface area (TPSA) is 17.1 Å². The average Bonchev–Trinajstić information content (AvgIpc) is 2.46. The molecule has 0 radical (unpaired) electrons. The summed E-state index contributed by atoms with van der Waals surface area (Å²) >= 11 is 6.89. The summed E-state index contributed by atoms with van der Waals surface area (Å²) in [6.45, 7) is 0. The van der Waals surface area contributed by atoms with E-state index in [4.69, 9.17) is 11.6 Å². The molecule has 4 heteroatoms. The Bertz CT molecular complexity index is 478. The second kappa shape index (κ2) is 3.09. The van der Waals surface area contributed by atoms with E-state index in [-0.39, 0.29) is 0 Å². The standard InChI is InChI=1S/C9H4ClFOS/c10-8-3-6-1-5(4-12)2-7(11)9(6)13-8/h1-4H. The molecule has 0 saturated heterocycles. The molecule has 1 aromatic carbocycles. The number of thiophene rings is 1. The maximum Gasteiger partial charge on any atom is 0.150 e. The summed E-state index contributed by atoms with van der Waals surface area (Å²) in [7, 11) is 0. The van der Waals surface area contributed by atoms with Crippen LogP contribution in [0, 0.1) is 5.82 Å². The summed E-state index contributed by atoms with van der Waals surface area (Å²) in [5, 5.41) is 0.678. The second-order valence-corrected chi connectivity index (χ2v) is 4.27. The van der Waals surface area contributed by atoms with Gasteiger partial charge in [-0.15, -0.1) is 11.3 Å². The maximum atomic E-state index is 13.2. The zero-order valence-corrected chi connectivity index (χ0v) is 7.95. The summed E-state index contributed by atoms with van der Waals surface area (Å²) < 4.78 is 14.3. The van der Waals surface area contributed by atoms with Crippen LogP contribution in [-0.2, 0) is 0 Å². The van der Waals surface area contributed by atoms with Crippen LogP contribution in [0.1, 0.15) is 10.4 Å². The molecule has 0 aliphatic rings. The molecule has 0 unspecified atom stereocenters. The molecule has 0 atom stereocenters. The van der Waals surface area contributed by atoms with Gasteiger partial charge in [0.1, 0.15) is 12.1 Å². The first-order chi connectivity index (χ1) is 6.20. The number of hydrogen-bond donors (Lipinski definition) is 0. The Kier molecular flexibility index (Phi) is 2.06. The fraction of sp³-hybridized carbons (Fsp3) is 0. The van der Waals surface area contributed by atoms with E-state index >= 15 is 0 Å². The number of halogens is 2. The summed E-state index contributed by atoms with van der Waals surface area (Å²) in [4.78, 5) is 10.4. The first-order valence-electron chi connectivity index (χ1n) is 3.54. The van der Waals surface area contributed by atoms with Crippen molar-refractivity contribution in [3.05, 3.63) is 33.9 Å². The smallest absolute Gasteiger partial charge is 0.150 e. The first kappa shape index (κ1) is 8.66. The quantitative estimate of drug-likeness (QED) is 0.664. The molecule has 0 aliphatic carbocycles. The zero-order valence-electron chi connectivity index (χ0n) is 6.38. The molecule has 0 spiro atoms. The molecule has 0 aliphatic heterocycles. The maximum absolute atomic E-state index is 13.2. The van der Waals surface area contributed by atoms with Crippen molar-refractivity contribution < 1.29 is 9.18 Å². The third kappa shape index (κ3) is 1.45. The van der Waals surface area contributed by atoms with Crippen molar-refractivity contribution in [1.29, 1.82) is 0 Å². The average molecular weight is 215 g/mol. The van der Waals surface area contributed by atoms with E-state index in [9.17, 15) is 9.18 Å². The lowest BCUT2D eigenvalue weighted by atomic mass is 10.2. The van der Waals surface area contributed by atoms with Gasteiger partial charge in [-0.1, -0.05) is 11.6 Å². The van der Waals surface area contributed by atoms with Gasteiger partial charge >= 0.3 is 0 Å². The molecule has 13 heavy (non-hydrogen) atoms. The first-order valence-corrected chi connectivity index (χ1v) is 4.74. The second-order valence-electron chi connectivity index (χ2n) is 2.59. The van der Waals surface area contributed by atoms with Crippen molar-refractivity contribution in [2.24, 2.45) is 0 Å². The Morgan fingerprint density at radius 1 is 1.38 bits per heavy atom. The number of rotatable bonds is 1. The zero-order chi connectivity index (χ0) is 9.42. The highest BCUT2D eigenvalue weighted by atomic mass is 35.5. The van der Waals surface area contributed by atoms with Gasteiger partial charge in [0.15, 0.2) is 0 Å². The van der Waals surface area contributed by atoms with Crippen LogP contribution in [-0.4, -0.2) is 6.29 Å². The predicted octanol–water partition coefficient (Wildman–Crippen LogP) is 3.51. The minimum Gasteiger partial charge on any atom is -0.298 e. The summed E-state index contributed by atoms with van der Waals surface area (Å²) in [5.41, 5.74) is 0.333. The highest BCUT2D eigenvalue weighted by Gasteiger charge is 2.06.